The fourth-order valence-corrected chi connectivity index (χ4v) is 3.61. The summed E-state index contributed by atoms with van der Waals surface area (Å²) in [6.45, 7) is 4.72. The van der Waals surface area contributed by atoms with E-state index in [2.05, 4.69) is 22.3 Å². The van der Waals surface area contributed by atoms with Crippen molar-refractivity contribution in [2.75, 3.05) is 0 Å². The molecule has 3 aromatic rings. The van der Waals surface area contributed by atoms with Gasteiger partial charge in [-0.3, -0.25) is 9.59 Å². The molecule has 7 nitrogen and oxygen atoms in total. The minimum Gasteiger partial charge on any atom is -0.365 e. The third kappa shape index (κ3) is 4.22. The fraction of sp³-hybridized carbons (Fsp3) is 0.263. The summed E-state index contributed by atoms with van der Waals surface area (Å²) >= 11 is 1.33. The summed E-state index contributed by atoms with van der Waals surface area (Å²) in [4.78, 5) is 29.4. The molecule has 1 atom stereocenters. The highest BCUT2D eigenvalue weighted by atomic mass is 32.1. The Bertz CT molecular complexity index is 945. The van der Waals surface area contributed by atoms with E-state index in [4.69, 9.17) is 5.73 Å². The fourth-order valence-electron chi connectivity index (χ4n) is 2.75. The molecule has 0 spiro atoms. The van der Waals surface area contributed by atoms with Crippen LogP contribution in [0.25, 0.3) is 10.4 Å². The molecule has 0 aliphatic rings. The number of hydrogen-bond acceptors (Lipinski definition) is 5. The number of nitrogens with one attached hydrogen (secondary N) is 1. The number of nitrogens with zero attached hydrogens (tertiary/aromatic N) is 3. The van der Waals surface area contributed by atoms with Crippen LogP contribution in [0.15, 0.2) is 42.7 Å². The van der Waals surface area contributed by atoms with Crippen LogP contribution in [0, 0.1) is 0 Å². The van der Waals surface area contributed by atoms with E-state index >= 15 is 0 Å². The number of amides is 2. The molecule has 2 aromatic heterocycles. The molecular weight excluding hydrogens is 362 g/mol. The molecule has 8 heteroatoms. The van der Waals surface area contributed by atoms with Gasteiger partial charge in [-0.05, 0) is 43.2 Å². The summed E-state index contributed by atoms with van der Waals surface area (Å²) in [6.07, 6.45) is 2.45. The SMILES string of the molecule is CCCn1ncnc1[C@H](C)NC(=O)c1ccc(-c2ccc(C(N)=O)s2)cc1. The molecule has 0 saturated heterocycles. The molecule has 0 fully saturated rings. The number of aryl methyl sites for hydroxylation is 1. The second-order valence-corrected chi connectivity index (χ2v) is 7.23. The number of hydrogen-bond donors (Lipinski definition) is 2. The summed E-state index contributed by atoms with van der Waals surface area (Å²) in [5, 5.41) is 7.14. The van der Waals surface area contributed by atoms with E-state index in [9.17, 15) is 9.59 Å². The summed E-state index contributed by atoms with van der Waals surface area (Å²) < 4.78 is 1.81. The van der Waals surface area contributed by atoms with Crippen molar-refractivity contribution in [1.82, 2.24) is 20.1 Å². The van der Waals surface area contributed by atoms with Gasteiger partial charge in [0.1, 0.15) is 12.2 Å². The average molecular weight is 383 g/mol. The molecule has 0 unspecified atom stereocenters. The second-order valence-electron chi connectivity index (χ2n) is 6.14. The second kappa shape index (κ2) is 8.13. The molecule has 0 bridgehead atoms. The topological polar surface area (TPSA) is 103 Å². The van der Waals surface area contributed by atoms with Gasteiger partial charge in [0.2, 0.25) is 0 Å². The van der Waals surface area contributed by atoms with Crippen molar-refractivity contribution in [3.05, 3.63) is 59.0 Å². The molecule has 2 heterocycles. The zero-order chi connectivity index (χ0) is 19.4. The van der Waals surface area contributed by atoms with E-state index in [1.54, 1.807) is 22.9 Å². The predicted octanol–water partition coefficient (Wildman–Crippen LogP) is 3.01. The maximum absolute atomic E-state index is 12.5. The Hall–Kier alpha value is -3.00. The van der Waals surface area contributed by atoms with Gasteiger partial charge in [0.05, 0.1) is 10.9 Å². The van der Waals surface area contributed by atoms with Crippen LogP contribution >= 0.6 is 11.3 Å². The lowest BCUT2D eigenvalue weighted by Gasteiger charge is -2.14. The number of primary amides is 1. The number of aromatic nitrogens is 3. The van der Waals surface area contributed by atoms with Gasteiger partial charge in [-0.25, -0.2) is 9.67 Å². The number of carbonyl (C=O) groups excluding carboxylic acids is 2. The third-order valence-corrected chi connectivity index (χ3v) is 5.25. The Balaban J connectivity index is 1.69. The lowest BCUT2D eigenvalue weighted by Crippen LogP contribution is -2.29. The number of nitrogens with two attached hydrogens (primary N) is 1. The Morgan fingerprint density at radius 1 is 1.22 bits per heavy atom. The van der Waals surface area contributed by atoms with E-state index in [1.807, 2.05) is 25.1 Å². The zero-order valence-electron chi connectivity index (χ0n) is 15.2. The quantitative estimate of drug-likeness (QED) is 0.654. The van der Waals surface area contributed by atoms with Crippen LogP contribution < -0.4 is 11.1 Å². The first kappa shape index (κ1) is 18.8. The lowest BCUT2D eigenvalue weighted by atomic mass is 10.1. The van der Waals surface area contributed by atoms with Gasteiger partial charge < -0.3 is 11.1 Å². The maximum Gasteiger partial charge on any atom is 0.258 e. The van der Waals surface area contributed by atoms with Gasteiger partial charge in [-0.2, -0.15) is 5.10 Å². The molecule has 1 aromatic carbocycles. The van der Waals surface area contributed by atoms with Crippen LogP contribution in [0.2, 0.25) is 0 Å². The van der Waals surface area contributed by atoms with E-state index in [1.165, 1.54) is 17.7 Å². The monoisotopic (exact) mass is 383 g/mol. The normalized spacial score (nSPS) is 11.9. The Morgan fingerprint density at radius 3 is 2.59 bits per heavy atom. The first-order chi connectivity index (χ1) is 13.0. The summed E-state index contributed by atoms with van der Waals surface area (Å²) in [5.74, 6) is 0.121. The molecule has 0 saturated carbocycles. The summed E-state index contributed by atoms with van der Waals surface area (Å²) in [7, 11) is 0. The van der Waals surface area contributed by atoms with Crippen molar-refractivity contribution < 1.29 is 9.59 Å². The number of thiophene rings is 1. The average Bonchev–Trinajstić information content (AvgIpc) is 3.32. The van der Waals surface area contributed by atoms with Gasteiger partial charge in [0, 0.05) is 17.0 Å². The number of carbonyl (C=O) groups is 2. The van der Waals surface area contributed by atoms with E-state index < -0.39 is 5.91 Å². The van der Waals surface area contributed by atoms with Gasteiger partial charge in [-0.15, -0.1) is 11.3 Å². The maximum atomic E-state index is 12.5. The number of rotatable bonds is 7. The van der Waals surface area contributed by atoms with Crippen LogP contribution in [-0.2, 0) is 6.54 Å². The van der Waals surface area contributed by atoms with Crippen molar-refractivity contribution in [2.45, 2.75) is 32.9 Å². The largest absolute Gasteiger partial charge is 0.365 e. The van der Waals surface area contributed by atoms with Crippen LogP contribution in [0.5, 0.6) is 0 Å². The van der Waals surface area contributed by atoms with Crippen molar-refractivity contribution in [3.8, 4) is 10.4 Å². The van der Waals surface area contributed by atoms with Crippen molar-refractivity contribution in [3.63, 3.8) is 0 Å². The minimum absolute atomic E-state index is 0.177. The smallest absolute Gasteiger partial charge is 0.258 e. The standard InChI is InChI=1S/C19H21N5O2S/c1-3-10-24-18(21-11-22-24)12(2)23-19(26)14-6-4-13(5-7-14)15-8-9-16(27-15)17(20)25/h4-9,11-12H,3,10H2,1-2H3,(H2,20,25)(H,23,26)/t12-/m0/s1. The van der Waals surface area contributed by atoms with Gasteiger partial charge in [0.25, 0.3) is 11.8 Å². The first-order valence-corrected chi connectivity index (χ1v) is 9.50. The highest BCUT2D eigenvalue weighted by Gasteiger charge is 2.16. The van der Waals surface area contributed by atoms with Gasteiger partial charge in [0.15, 0.2) is 0 Å². The van der Waals surface area contributed by atoms with Gasteiger partial charge in [-0.1, -0.05) is 19.1 Å². The molecule has 27 heavy (non-hydrogen) atoms. The summed E-state index contributed by atoms with van der Waals surface area (Å²) in [5.41, 5.74) is 6.78. The van der Waals surface area contributed by atoms with E-state index in [0.29, 0.717) is 10.4 Å². The van der Waals surface area contributed by atoms with Crippen LogP contribution in [0.3, 0.4) is 0 Å². The summed E-state index contributed by atoms with van der Waals surface area (Å²) in [6, 6.07) is 10.5. The lowest BCUT2D eigenvalue weighted by molar-refractivity contribution is 0.0936. The molecule has 2 amide bonds. The molecule has 3 rings (SSSR count). The molecule has 0 radical (unpaired) electrons. The molecular formula is C19H21N5O2S. The van der Waals surface area contributed by atoms with Crippen molar-refractivity contribution >= 4 is 23.2 Å². The van der Waals surface area contributed by atoms with Crippen LogP contribution in [0.1, 0.15) is 52.2 Å². The van der Waals surface area contributed by atoms with Crippen LogP contribution in [-0.4, -0.2) is 26.6 Å². The van der Waals surface area contributed by atoms with Crippen molar-refractivity contribution in [2.24, 2.45) is 5.73 Å². The zero-order valence-corrected chi connectivity index (χ0v) is 16.0. The van der Waals surface area contributed by atoms with Crippen LogP contribution in [0.4, 0.5) is 0 Å². The highest BCUT2D eigenvalue weighted by molar-refractivity contribution is 7.17. The van der Waals surface area contributed by atoms with E-state index in [0.717, 1.165) is 29.2 Å². The molecule has 0 aliphatic carbocycles. The van der Waals surface area contributed by atoms with Gasteiger partial charge >= 0.3 is 0 Å². The Kier molecular flexibility index (Phi) is 5.66. The Morgan fingerprint density at radius 2 is 1.96 bits per heavy atom. The molecule has 0 aliphatic heterocycles. The Labute approximate surface area is 161 Å². The molecule has 3 N–H and O–H groups in total. The minimum atomic E-state index is -0.438. The number of benzene rings is 1. The highest BCUT2D eigenvalue weighted by Crippen LogP contribution is 2.28. The van der Waals surface area contributed by atoms with E-state index in [-0.39, 0.29) is 11.9 Å². The molecule has 140 valence electrons. The van der Waals surface area contributed by atoms with Crippen molar-refractivity contribution in [1.29, 1.82) is 0 Å². The first-order valence-electron chi connectivity index (χ1n) is 8.68. The predicted molar refractivity (Wildman–Crippen MR) is 104 cm³/mol. The third-order valence-electron chi connectivity index (χ3n) is 4.10.